The molecule has 0 spiro atoms. The van der Waals surface area contributed by atoms with Crippen molar-refractivity contribution in [2.45, 2.75) is 32.7 Å². The maximum atomic E-state index is 12.3. The highest BCUT2D eigenvalue weighted by Crippen LogP contribution is 2.12. The molecule has 2 N–H and O–H groups in total. The lowest BCUT2D eigenvalue weighted by atomic mass is 10.0. The number of hydrogen-bond donors (Lipinski definition) is 2. The molecule has 20 heavy (non-hydrogen) atoms. The summed E-state index contributed by atoms with van der Waals surface area (Å²) in [6, 6.07) is 1.55. The molecule has 1 aliphatic heterocycles. The van der Waals surface area contributed by atoms with Gasteiger partial charge < -0.3 is 15.2 Å². The second-order valence-electron chi connectivity index (χ2n) is 5.16. The van der Waals surface area contributed by atoms with E-state index in [1.807, 2.05) is 0 Å². The summed E-state index contributed by atoms with van der Waals surface area (Å²) in [7, 11) is 0. The Morgan fingerprint density at radius 2 is 2.00 bits per heavy atom. The van der Waals surface area contributed by atoms with Gasteiger partial charge in [0.15, 0.2) is 5.43 Å². The third-order valence-corrected chi connectivity index (χ3v) is 3.48. The van der Waals surface area contributed by atoms with E-state index in [9.17, 15) is 14.4 Å². The third-order valence-electron chi connectivity index (χ3n) is 3.48. The molecule has 0 aliphatic carbocycles. The first-order valence-corrected chi connectivity index (χ1v) is 6.73. The van der Waals surface area contributed by atoms with Crippen molar-refractivity contribution in [3.8, 4) is 0 Å². The molecular weight excluding hydrogens is 258 g/mol. The Kier molecular flexibility index (Phi) is 4.22. The van der Waals surface area contributed by atoms with Crippen LogP contribution in [0.25, 0.3) is 0 Å². The first-order chi connectivity index (χ1) is 9.47. The van der Waals surface area contributed by atoms with Crippen LogP contribution in [-0.4, -0.2) is 40.8 Å². The Morgan fingerprint density at radius 3 is 2.55 bits per heavy atom. The number of amides is 2. The van der Waals surface area contributed by atoms with Crippen LogP contribution in [0.2, 0.25) is 0 Å². The number of nitrogens with one attached hydrogen (secondary N) is 2. The van der Waals surface area contributed by atoms with Crippen LogP contribution in [0, 0.1) is 6.92 Å². The van der Waals surface area contributed by atoms with E-state index < -0.39 is 0 Å². The van der Waals surface area contributed by atoms with Gasteiger partial charge in [0.25, 0.3) is 5.91 Å². The lowest BCUT2D eigenvalue weighted by Crippen LogP contribution is -2.46. The predicted octanol–water partition coefficient (Wildman–Crippen LogP) is 0.424. The molecule has 2 heterocycles. The minimum absolute atomic E-state index is 0.0512. The Hall–Kier alpha value is -2.11. The molecule has 0 saturated carbocycles. The number of aromatic nitrogens is 1. The minimum Gasteiger partial charge on any atom is -0.364 e. The lowest BCUT2D eigenvalue weighted by Gasteiger charge is -2.32. The zero-order valence-electron chi connectivity index (χ0n) is 11.7. The molecule has 1 fully saturated rings. The topological polar surface area (TPSA) is 82.3 Å². The number of H-pyrrole nitrogens is 1. The van der Waals surface area contributed by atoms with Crippen molar-refractivity contribution in [3.05, 3.63) is 33.7 Å². The largest absolute Gasteiger partial charge is 0.364 e. The van der Waals surface area contributed by atoms with Gasteiger partial charge in [-0.25, -0.2) is 0 Å². The second kappa shape index (κ2) is 5.90. The smallest absolute Gasteiger partial charge is 0.259 e. The molecule has 108 valence electrons. The molecule has 1 saturated heterocycles. The van der Waals surface area contributed by atoms with Crippen molar-refractivity contribution >= 4 is 11.8 Å². The monoisotopic (exact) mass is 277 g/mol. The summed E-state index contributed by atoms with van der Waals surface area (Å²) in [5, 5.41) is 2.86. The average molecular weight is 277 g/mol. The number of pyridine rings is 1. The maximum Gasteiger partial charge on any atom is 0.259 e. The van der Waals surface area contributed by atoms with Gasteiger partial charge in [0, 0.05) is 44.0 Å². The van der Waals surface area contributed by atoms with Gasteiger partial charge in [0.05, 0.1) is 0 Å². The van der Waals surface area contributed by atoms with Crippen molar-refractivity contribution < 1.29 is 9.59 Å². The second-order valence-corrected chi connectivity index (χ2v) is 5.16. The molecule has 1 aliphatic rings. The zero-order chi connectivity index (χ0) is 14.7. The molecule has 0 radical (unpaired) electrons. The molecule has 2 amide bonds. The molecule has 1 aromatic heterocycles. The lowest BCUT2D eigenvalue weighted by molar-refractivity contribution is -0.119. The zero-order valence-corrected chi connectivity index (χ0v) is 11.7. The van der Waals surface area contributed by atoms with Crippen LogP contribution in [0.4, 0.5) is 0 Å². The highest BCUT2D eigenvalue weighted by molar-refractivity contribution is 5.93. The van der Waals surface area contributed by atoms with E-state index in [0.29, 0.717) is 13.1 Å². The fourth-order valence-corrected chi connectivity index (χ4v) is 2.43. The number of carbonyl (C=O) groups is 2. The van der Waals surface area contributed by atoms with Crippen LogP contribution < -0.4 is 10.7 Å². The van der Waals surface area contributed by atoms with Crippen LogP contribution in [0.3, 0.4) is 0 Å². The van der Waals surface area contributed by atoms with Crippen LogP contribution >= 0.6 is 0 Å². The van der Waals surface area contributed by atoms with E-state index in [4.69, 9.17) is 0 Å². The van der Waals surface area contributed by atoms with Crippen molar-refractivity contribution in [1.29, 1.82) is 0 Å². The molecule has 1 aromatic rings. The maximum absolute atomic E-state index is 12.3. The minimum atomic E-state index is -0.254. The summed E-state index contributed by atoms with van der Waals surface area (Å²) < 4.78 is 0. The number of nitrogens with zero attached hydrogens (tertiary/aromatic N) is 1. The quantitative estimate of drug-likeness (QED) is 0.822. The number of rotatable bonds is 2. The Balaban J connectivity index is 2.01. The van der Waals surface area contributed by atoms with Crippen LogP contribution in [0.15, 0.2) is 17.1 Å². The Bertz CT molecular complexity index is 571. The average Bonchev–Trinajstić information content (AvgIpc) is 2.38. The predicted molar refractivity (Wildman–Crippen MR) is 74.5 cm³/mol. The summed E-state index contributed by atoms with van der Waals surface area (Å²) >= 11 is 0. The van der Waals surface area contributed by atoms with Gasteiger partial charge in [0.1, 0.15) is 5.56 Å². The molecule has 6 heteroatoms. The SMILES string of the molecule is CC(=O)NC1CCN(C(=O)c2c[nH]c(C)cc2=O)CC1. The molecule has 2 rings (SSSR count). The Labute approximate surface area is 117 Å². The van der Waals surface area contributed by atoms with E-state index in [2.05, 4.69) is 10.3 Å². The first-order valence-electron chi connectivity index (χ1n) is 6.73. The molecule has 0 aromatic carbocycles. The van der Waals surface area contributed by atoms with Crippen molar-refractivity contribution in [2.75, 3.05) is 13.1 Å². The van der Waals surface area contributed by atoms with Gasteiger partial charge in [-0.2, -0.15) is 0 Å². The van der Waals surface area contributed by atoms with Gasteiger partial charge in [-0.3, -0.25) is 14.4 Å². The summed E-state index contributed by atoms with van der Waals surface area (Å²) in [5.41, 5.74) is 0.653. The van der Waals surface area contributed by atoms with E-state index in [1.165, 1.54) is 19.2 Å². The van der Waals surface area contributed by atoms with E-state index >= 15 is 0 Å². The Morgan fingerprint density at radius 1 is 1.35 bits per heavy atom. The first kappa shape index (κ1) is 14.3. The van der Waals surface area contributed by atoms with Crippen LogP contribution in [0.5, 0.6) is 0 Å². The van der Waals surface area contributed by atoms with Gasteiger partial charge in [-0.1, -0.05) is 0 Å². The molecule has 0 unspecified atom stereocenters. The fraction of sp³-hybridized carbons (Fsp3) is 0.500. The number of hydrogen-bond acceptors (Lipinski definition) is 3. The summed E-state index contributed by atoms with van der Waals surface area (Å²) in [6.07, 6.45) is 2.91. The number of likely N-dealkylation sites (tertiary alicyclic amines) is 1. The normalized spacial score (nSPS) is 16.0. The third kappa shape index (κ3) is 3.26. The van der Waals surface area contributed by atoms with Crippen LogP contribution in [0.1, 0.15) is 35.8 Å². The van der Waals surface area contributed by atoms with E-state index in [1.54, 1.807) is 11.8 Å². The summed E-state index contributed by atoms with van der Waals surface area (Å²) in [6.45, 7) is 4.37. The van der Waals surface area contributed by atoms with Gasteiger partial charge in [0.2, 0.25) is 5.91 Å². The summed E-state index contributed by atoms with van der Waals surface area (Å²) in [5.74, 6) is -0.294. The van der Waals surface area contributed by atoms with Gasteiger partial charge in [-0.15, -0.1) is 0 Å². The summed E-state index contributed by atoms with van der Waals surface area (Å²) in [4.78, 5) is 39.6. The molecule has 0 bridgehead atoms. The van der Waals surface area contributed by atoms with E-state index in [-0.39, 0.29) is 28.8 Å². The highest BCUT2D eigenvalue weighted by Gasteiger charge is 2.25. The highest BCUT2D eigenvalue weighted by atomic mass is 16.2. The van der Waals surface area contributed by atoms with Gasteiger partial charge >= 0.3 is 0 Å². The number of carbonyl (C=O) groups excluding carboxylic acids is 2. The van der Waals surface area contributed by atoms with Crippen molar-refractivity contribution in [2.24, 2.45) is 0 Å². The molecule has 0 atom stereocenters. The molecular formula is C14H19N3O3. The number of piperidine rings is 1. The number of aryl methyl sites for hydroxylation is 1. The van der Waals surface area contributed by atoms with Crippen LogP contribution in [-0.2, 0) is 4.79 Å². The fourth-order valence-electron chi connectivity index (χ4n) is 2.43. The van der Waals surface area contributed by atoms with Crippen molar-refractivity contribution in [3.63, 3.8) is 0 Å². The number of aromatic amines is 1. The molecule has 6 nitrogen and oxygen atoms in total. The van der Waals surface area contributed by atoms with E-state index in [0.717, 1.165) is 18.5 Å². The van der Waals surface area contributed by atoms with Gasteiger partial charge in [-0.05, 0) is 19.8 Å². The standard InChI is InChI=1S/C14H19N3O3/c1-9-7-13(19)12(8-15-9)14(20)17-5-3-11(4-6-17)16-10(2)18/h7-8,11H,3-6H2,1-2H3,(H,15,19)(H,16,18). The van der Waals surface area contributed by atoms with Crippen molar-refractivity contribution in [1.82, 2.24) is 15.2 Å².